The van der Waals surface area contributed by atoms with Gasteiger partial charge in [0.25, 0.3) is 5.91 Å². The van der Waals surface area contributed by atoms with Gasteiger partial charge in [-0.3, -0.25) is 9.69 Å². The zero-order chi connectivity index (χ0) is 19.5. The molecule has 1 saturated heterocycles. The van der Waals surface area contributed by atoms with Crippen LogP contribution in [0.2, 0.25) is 0 Å². The van der Waals surface area contributed by atoms with E-state index >= 15 is 0 Å². The van der Waals surface area contributed by atoms with Crippen LogP contribution in [0, 0.1) is 18.3 Å². The molecule has 1 aliphatic rings. The highest BCUT2D eigenvalue weighted by Gasteiger charge is 2.27. The van der Waals surface area contributed by atoms with Gasteiger partial charge < -0.3 is 5.32 Å². The van der Waals surface area contributed by atoms with Crippen molar-refractivity contribution in [2.75, 3.05) is 18.4 Å². The molecular formula is C21H21N5OS. The minimum absolute atomic E-state index is 0.202. The van der Waals surface area contributed by atoms with Crippen LogP contribution >= 0.6 is 11.3 Å². The fraction of sp³-hybridized carbons (Fsp3) is 0.286. The Morgan fingerprint density at radius 3 is 2.93 bits per heavy atom. The Bertz CT molecular complexity index is 1020. The fourth-order valence-electron chi connectivity index (χ4n) is 3.58. The molecule has 2 aromatic heterocycles. The quantitative estimate of drug-likeness (QED) is 0.717. The Hall–Kier alpha value is -2.95. The van der Waals surface area contributed by atoms with Gasteiger partial charge in [0.05, 0.1) is 22.2 Å². The molecule has 28 heavy (non-hydrogen) atoms. The van der Waals surface area contributed by atoms with E-state index < -0.39 is 0 Å². The number of nitriles is 1. The predicted octanol–water partition coefficient (Wildman–Crippen LogP) is 3.82. The average molecular weight is 392 g/mol. The van der Waals surface area contributed by atoms with Crippen molar-refractivity contribution in [1.82, 2.24) is 14.7 Å². The van der Waals surface area contributed by atoms with Crippen molar-refractivity contribution in [3.05, 3.63) is 69.5 Å². The molecule has 1 fully saturated rings. The molecule has 1 atom stereocenters. The molecule has 1 unspecified atom stereocenters. The first kappa shape index (κ1) is 18.4. The van der Waals surface area contributed by atoms with E-state index in [1.165, 1.54) is 16.9 Å². The van der Waals surface area contributed by atoms with E-state index in [1.54, 1.807) is 11.4 Å². The normalized spacial score (nSPS) is 16.8. The maximum atomic E-state index is 12.6. The van der Waals surface area contributed by atoms with Gasteiger partial charge in [-0.15, -0.1) is 11.3 Å². The molecule has 0 saturated carbocycles. The molecule has 7 heteroatoms. The number of hydrogen-bond acceptors (Lipinski definition) is 5. The SMILES string of the molecule is Cc1cc(NC(=O)c2cc(C#N)cs2)n(C2CCN(Cc3ccccc3)C2)n1. The number of hydrogen-bond donors (Lipinski definition) is 1. The molecule has 142 valence electrons. The lowest BCUT2D eigenvalue weighted by Gasteiger charge is -2.18. The molecule has 4 rings (SSSR count). The lowest BCUT2D eigenvalue weighted by atomic mass is 10.2. The van der Waals surface area contributed by atoms with E-state index in [9.17, 15) is 4.79 Å². The monoisotopic (exact) mass is 391 g/mol. The molecule has 3 aromatic rings. The summed E-state index contributed by atoms with van der Waals surface area (Å²) in [7, 11) is 0. The molecular weight excluding hydrogens is 370 g/mol. The molecule has 1 amide bonds. The van der Waals surface area contributed by atoms with Crippen LogP contribution < -0.4 is 5.32 Å². The second kappa shape index (κ2) is 7.97. The predicted molar refractivity (Wildman–Crippen MR) is 109 cm³/mol. The molecule has 1 aromatic carbocycles. The minimum Gasteiger partial charge on any atom is -0.306 e. The number of aryl methyl sites for hydroxylation is 1. The molecule has 0 spiro atoms. The number of anilines is 1. The standard InChI is InChI=1S/C21H21N5OS/c1-15-9-20(23-21(27)19-10-17(11-22)14-28-19)26(24-15)18-7-8-25(13-18)12-16-5-3-2-4-6-16/h2-6,9-10,14,18H,7-8,12-13H2,1H3,(H,23,27). The molecule has 0 aliphatic carbocycles. The summed E-state index contributed by atoms with van der Waals surface area (Å²) in [5.74, 6) is 0.507. The van der Waals surface area contributed by atoms with Crippen LogP contribution in [0.4, 0.5) is 5.82 Å². The lowest BCUT2D eigenvalue weighted by Crippen LogP contribution is -2.23. The van der Waals surface area contributed by atoms with Crippen molar-refractivity contribution in [3.63, 3.8) is 0 Å². The Kier molecular flexibility index (Phi) is 5.24. The van der Waals surface area contributed by atoms with E-state index in [0.29, 0.717) is 16.3 Å². The van der Waals surface area contributed by atoms with Gasteiger partial charge in [0.15, 0.2) is 0 Å². The van der Waals surface area contributed by atoms with Gasteiger partial charge in [0.1, 0.15) is 11.9 Å². The summed E-state index contributed by atoms with van der Waals surface area (Å²) in [5.41, 5.74) is 2.69. The van der Waals surface area contributed by atoms with Crippen molar-refractivity contribution < 1.29 is 4.79 Å². The molecule has 1 N–H and O–H groups in total. The van der Waals surface area contributed by atoms with Crippen LogP contribution in [0.15, 0.2) is 47.8 Å². The summed E-state index contributed by atoms with van der Waals surface area (Å²) in [4.78, 5) is 15.5. The first-order valence-electron chi connectivity index (χ1n) is 9.25. The third kappa shape index (κ3) is 3.98. The van der Waals surface area contributed by atoms with Crippen LogP contribution in [-0.4, -0.2) is 33.7 Å². The summed E-state index contributed by atoms with van der Waals surface area (Å²) in [6.45, 7) is 4.76. The van der Waals surface area contributed by atoms with E-state index in [1.807, 2.05) is 23.7 Å². The minimum atomic E-state index is -0.202. The summed E-state index contributed by atoms with van der Waals surface area (Å²) in [6.07, 6.45) is 0.994. The van der Waals surface area contributed by atoms with Gasteiger partial charge in [0.2, 0.25) is 0 Å². The number of nitrogens with one attached hydrogen (secondary N) is 1. The topological polar surface area (TPSA) is 74.0 Å². The molecule has 1 aliphatic heterocycles. The van der Waals surface area contributed by atoms with E-state index in [4.69, 9.17) is 5.26 Å². The van der Waals surface area contributed by atoms with Crippen LogP contribution in [0.3, 0.4) is 0 Å². The third-order valence-electron chi connectivity index (χ3n) is 4.89. The molecule has 0 radical (unpaired) electrons. The average Bonchev–Trinajstić information content (AvgIpc) is 3.42. The second-order valence-electron chi connectivity index (χ2n) is 7.04. The van der Waals surface area contributed by atoms with Crippen molar-refractivity contribution >= 4 is 23.1 Å². The van der Waals surface area contributed by atoms with E-state index in [-0.39, 0.29) is 11.9 Å². The summed E-state index contributed by atoms with van der Waals surface area (Å²) in [6, 6.07) is 16.3. The number of rotatable bonds is 5. The largest absolute Gasteiger partial charge is 0.306 e. The van der Waals surface area contributed by atoms with Crippen LogP contribution in [0.1, 0.15) is 39.0 Å². The first-order valence-corrected chi connectivity index (χ1v) is 10.1. The highest BCUT2D eigenvalue weighted by Crippen LogP contribution is 2.27. The van der Waals surface area contributed by atoms with Gasteiger partial charge in [0, 0.05) is 31.1 Å². The Morgan fingerprint density at radius 1 is 1.36 bits per heavy atom. The number of amides is 1. The van der Waals surface area contributed by atoms with Crippen LogP contribution in [0.5, 0.6) is 0 Å². The number of benzene rings is 1. The molecule has 6 nitrogen and oxygen atoms in total. The summed E-state index contributed by atoms with van der Waals surface area (Å²) in [5, 5.41) is 18.2. The summed E-state index contributed by atoms with van der Waals surface area (Å²) >= 11 is 1.28. The van der Waals surface area contributed by atoms with E-state index in [2.05, 4.69) is 45.7 Å². The van der Waals surface area contributed by atoms with Crippen molar-refractivity contribution in [1.29, 1.82) is 5.26 Å². The third-order valence-corrected chi connectivity index (χ3v) is 5.82. The Labute approximate surface area is 168 Å². The molecule has 0 bridgehead atoms. The first-order chi connectivity index (χ1) is 13.6. The second-order valence-corrected chi connectivity index (χ2v) is 7.96. The van der Waals surface area contributed by atoms with E-state index in [0.717, 1.165) is 31.7 Å². The van der Waals surface area contributed by atoms with Gasteiger partial charge >= 0.3 is 0 Å². The molecule has 3 heterocycles. The van der Waals surface area contributed by atoms with Crippen LogP contribution in [-0.2, 0) is 6.54 Å². The van der Waals surface area contributed by atoms with Crippen molar-refractivity contribution in [2.24, 2.45) is 0 Å². The Balaban J connectivity index is 1.46. The van der Waals surface area contributed by atoms with Gasteiger partial charge in [-0.05, 0) is 25.0 Å². The number of carbonyl (C=O) groups is 1. The number of carbonyl (C=O) groups excluding carboxylic acids is 1. The van der Waals surface area contributed by atoms with Crippen LogP contribution in [0.25, 0.3) is 0 Å². The number of thiophene rings is 1. The summed E-state index contributed by atoms with van der Waals surface area (Å²) < 4.78 is 1.94. The fourth-order valence-corrected chi connectivity index (χ4v) is 4.31. The maximum absolute atomic E-state index is 12.6. The highest BCUT2D eigenvalue weighted by molar-refractivity contribution is 7.12. The van der Waals surface area contributed by atoms with Gasteiger partial charge in [-0.25, -0.2) is 4.68 Å². The lowest BCUT2D eigenvalue weighted by molar-refractivity contribution is 0.102. The van der Waals surface area contributed by atoms with Crippen molar-refractivity contribution in [2.45, 2.75) is 25.9 Å². The zero-order valence-corrected chi connectivity index (χ0v) is 16.4. The van der Waals surface area contributed by atoms with Gasteiger partial charge in [-0.1, -0.05) is 30.3 Å². The van der Waals surface area contributed by atoms with Crippen molar-refractivity contribution in [3.8, 4) is 6.07 Å². The highest BCUT2D eigenvalue weighted by atomic mass is 32.1. The Morgan fingerprint density at radius 2 is 2.18 bits per heavy atom. The maximum Gasteiger partial charge on any atom is 0.266 e. The number of likely N-dealkylation sites (tertiary alicyclic amines) is 1. The zero-order valence-electron chi connectivity index (χ0n) is 15.6. The number of aromatic nitrogens is 2. The number of nitrogens with zero attached hydrogens (tertiary/aromatic N) is 4. The smallest absolute Gasteiger partial charge is 0.266 e. The van der Waals surface area contributed by atoms with Gasteiger partial charge in [-0.2, -0.15) is 10.4 Å².